The standard InChI is InChI=1S/C17H30N2O2/c20-16(15-6-7-15)13-18-9-11-19(12-10-18)17(21)8-5-14-3-1-2-4-14/h14-16,20H,1-13H2. The van der Waals surface area contributed by atoms with Gasteiger partial charge < -0.3 is 10.0 Å². The summed E-state index contributed by atoms with van der Waals surface area (Å²) in [7, 11) is 0. The predicted molar refractivity (Wildman–Crippen MR) is 82.9 cm³/mol. The Morgan fingerprint density at radius 3 is 2.33 bits per heavy atom. The van der Waals surface area contributed by atoms with Crippen LogP contribution in [0.25, 0.3) is 0 Å². The summed E-state index contributed by atoms with van der Waals surface area (Å²) >= 11 is 0. The number of carbonyl (C=O) groups is 1. The summed E-state index contributed by atoms with van der Waals surface area (Å²) in [4.78, 5) is 16.6. The van der Waals surface area contributed by atoms with Crippen LogP contribution in [-0.2, 0) is 4.79 Å². The smallest absolute Gasteiger partial charge is 0.222 e. The van der Waals surface area contributed by atoms with Crippen molar-refractivity contribution in [3.63, 3.8) is 0 Å². The minimum absolute atomic E-state index is 0.144. The molecule has 3 rings (SSSR count). The molecular formula is C17H30N2O2. The summed E-state index contributed by atoms with van der Waals surface area (Å²) in [5.74, 6) is 1.71. The van der Waals surface area contributed by atoms with E-state index in [9.17, 15) is 9.90 Å². The zero-order valence-electron chi connectivity index (χ0n) is 13.2. The van der Waals surface area contributed by atoms with E-state index in [-0.39, 0.29) is 6.10 Å². The molecule has 120 valence electrons. The minimum Gasteiger partial charge on any atom is -0.392 e. The first-order chi connectivity index (χ1) is 10.2. The van der Waals surface area contributed by atoms with Crippen LogP contribution in [0.1, 0.15) is 51.4 Å². The zero-order valence-corrected chi connectivity index (χ0v) is 13.2. The highest BCUT2D eigenvalue weighted by molar-refractivity contribution is 5.76. The van der Waals surface area contributed by atoms with Crippen LogP contribution >= 0.6 is 0 Å². The van der Waals surface area contributed by atoms with E-state index in [1.165, 1.54) is 38.5 Å². The van der Waals surface area contributed by atoms with Crippen molar-refractivity contribution in [2.24, 2.45) is 11.8 Å². The first kappa shape index (κ1) is 15.3. The molecule has 0 aromatic rings. The molecule has 0 spiro atoms. The lowest BCUT2D eigenvalue weighted by molar-refractivity contribution is -0.133. The van der Waals surface area contributed by atoms with Gasteiger partial charge in [-0.1, -0.05) is 25.7 Å². The van der Waals surface area contributed by atoms with Gasteiger partial charge in [-0.05, 0) is 31.1 Å². The number of nitrogens with zero attached hydrogens (tertiary/aromatic N) is 2. The molecule has 2 saturated carbocycles. The van der Waals surface area contributed by atoms with E-state index in [1.807, 2.05) is 4.90 Å². The second-order valence-electron chi connectivity index (χ2n) is 7.28. The highest BCUT2D eigenvalue weighted by Crippen LogP contribution is 2.33. The molecule has 1 aliphatic heterocycles. The molecule has 1 saturated heterocycles. The van der Waals surface area contributed by atoms with Gasteiger partial charge in [0.25, 0.3) is 0 Å². The Morgan fingerprint density at radius 2 is 1.71 bits per heavy atom. The fraction of sp³-hybridized carbons (Fsp3) is 0.941. The van der Waals surface area contributed by atoms with Gasteiger partial charge in [-0.2, -0.15) is 0 Å². The fourth-order valence-corrected chi connectivity index (χ4v) is 3.86. The molecule has 1 N–H and O–H groups in total. The molecule has 0 radical (unpaired) electrons. The lowest BCUT2D eigenvalue weighted by atomic mass is 10.0. The first-order valence-electron chi connectivity index (χ1n) is 8.90. The third-order valence-electron chi connectivity index (χ3n) is 5.58. The van der Waals surface area contributed by atoms with Crippen LogP contribution in [0.15, 0.2) is 0 Å². The topological polar surface area (TPSA) is 43.8 Å². The maximum atomic E-state index is 12.3. The Kier molecular flexibility index (Phi) is 5.17. The largest absolute Gasteiger partial charge is 0.392 e. The Labute approximate surface area is 128 Å². The van der Waals surface area contributed by atoms with Gasteiger partial charge in [0.15, 0.2) is 0 Å². The van der Waals surface area contributed by atoms with Crippen molar-refractivity contribution in [2.45, 2.75) is 57.5 Å². The third-order valence-corrected chi connectivity index (χ3v) is 5.58. The van der Waals surface area contributed by atoms with Crippen molar-refractivity contribution in [1.29, 1.82) is 0 Å². The molecule has 3 fully saturated rings. The van der Waals surface area contributed by atoms with Crippen molar-refractivity contribution in [3.05, 3.63) is 0 Å². The molecule has 0 aromatic carbocycles. The molecule has 1 heterocycles. The number of β-amino-alcohol motifs (C(OH)–C–C–N with tert-alkyl or cyclic N) is 1. The molecule has 3 aliphatic rings. The number of rotatable bonds is 6. The molecule has 4 nitrogen and oxygen atoms in total. The van der Waals surface area contributed by atoms with Crippen LogP contribution in [-0.4, -0.2) is 59.6 Å². The highest BCUT2D eigenvalue weighted by atomic mass is 16.3. The van der Waals surface area contributed by atoms with E-state index in [0.717, 1.165) is 51.5 Å². The van der Waals surface area contributed by atoms with Crippen molar-refractivity contribution in [3.8, 4) is 0 Å². The summed E-state index contributed by atoms with van der Waals surface area (Å²) in [5, 5.41) is 10.00. The number of amides is 1. The Morgan fingerprint density at radius 1 is 1.05 bits per heavy atom. The summed E-state index contributed by atoms with van der Waals surface area (Å²) in [6.45, 7) is 4.36. The lowest BCUT2D eigenvalue weighted by Gasteiger charge is -2.35. The van der Waals surface area contributed by atoms with Gasteiger partial charge >= 0.3 is 0 Å². The van der Waals surface area contributed by atoms with Gasteiger partial charge in [-0.3, -0.25) is 9.69 Å². The number of hydrogen-bond donors (Lipinski definition) is 1. The Balaban J connectivity index is 1.33. The van der Waals surface area contributed by atoms with E-state index in [0.29, 0.717) is 11.8 Å². The van der Waals surface area contributed by atoms with Crippen molar-refractivity contribution >= 4 is 5.91 Å². The second kappa shape index (κ2) is 7.10. The van der Waals surface area contributed by atoms with Gasteiger partial charge in [0.2, 0.25) is 5.91 Å². The molecule has 2 aliphatic carbocycles. The van der Waals surface area contributed by atoms with Crippen LogP contribution in [0.5, 0.6) is 0 Å². The molecule has 1 atom stereocenters. The van der Waals surface area contributed by atoms with Crippen LogP contribution in [0.3, 0.4) is 0 Å². The first-order valence-corrected chi connectivity index (χ1v) is 8.90. The molecule has 0 aromatic heterocycles. The predicted octanol–water partition coefficient (Wildman–Crippen LogP) is 1.87. The van der Waals surface area contributed by atoms with Crippen molar-refractivity contribution in [1.82, 2.24) is 9.80 Å². The summed E-state index contributed by atoms with van der Waals surface area (Å²) < 4.78 is 0. The van der Waals surface area contributed by atoms with E-state index >= 15 is 0 Å². The molecule has 21 heavy (non-hydrogen) atoms. The van der Waals surface area contributed by atoms with Crippen LogP contribution in [0, 0.1) is 11.8 Å². The average Bonchev–Trinajstić information content (AvgIpc) is 3.23. The fourth-order valence-electron chi connectivity index (χ4n) is 3.86. The lowest BCUT2D eigenvalue weighted by Crippen LogP contribution is -2.50. The number of piperazine rings is 1. The van der Waals surface area contributed by atoms with Crippen LogP contribution in [0.4, 0.5) is 0 Å². The number of aliphatic hydroxyl groups excluding tert-OH is 1. The van der Waals surface area contributed by atoms with Gasteiger partial charge in [0.1, 0.15) is 0 Å². The molecule has 4 heteroatoms. The van der Waals surface area contributed by atoms with Gasteiger partial charge in [0, 0.05) is 39.1 Å². The zero-order chi connectivity index (χ0) is 14.7. The van der Waals surface area contributed by atoms with Gasteiger partial charge in [-0.25, -0.2) is 0 Å². The van der Waals surface area contributed by atoms with E-state index in [1.54, 1.807) is 0 Å². The van der Waals surface area contributed by atoms with E-state index < -0.39 is 0 Å². The Hall–Kier alpha value is -0.610. The highest BCUT2D eigenvalue weighted by Gasteiger charge is 2.32. The van der Waals surface area contributed by atoms with Crippen molar-refractivity contribution < 1.29 is 9.90 Å². The van der Waals surface area contributed by atoms with Gasteiger partial charge in [0.05, 0.1) is 6.10 Å². The van der Waals surface area contributed by atoms with Crippen molar-refractivity contribution in [2.75, 3.05) is 32.7 Å². The van der Waals surface area contributed by atoms with Crippen LogP contribution in [0.2, 0.25) is 0 Å². The number of aliphatic hydroxyl groups is 1. The molecular weight excluding hydrogens is 264 g/mol. The minimum atomic E-state index is -0.144. The molecule has 0 bridgehead atoms. The maximum Gasteiger partial charge on any atom is 0.222 e. The monoisotopic (exact) mass is 294 g/mol. The molecule has 1 amide bonds. The summed E-state index contributed by atoms with van der Waals surface area (Å²) in [5.41, 5.74) is 0. The van der Waals surface area contributed by atoms with E-state index in [4.69, 9.17) is 0 Å². The SMILES string of the molecule is O=C(CCC1CCCC1)N1CCN(CC(O)C2CC2)CC1. The number of hydrogen-bond acceptors (Lipinski definition) is 3. The normalized spacial score (nSPS) is 26.2. The molecule has 1 unspecified atom stereocenters. The maximum absolute atomic E-state index is 12.3. The summed E-state index contributed by atoms with van der Waals surface area (Å²) in [6, 6.07) is 0. The number of carbonyl (C=O) groups excluding carboxylic acids is 1. The van der Waals surface area contributed by atoms with Gasteiger partial charge in [-0.15, -0.1) is 0 Å². The van der Waals surface area contributed by atoms with E-state index in [2.05, 4.69) is 4.90 Å². The van der Waals surface area contributed by atoms with Crippen LogP contribution < -0.4 is 0 Å². The third kappa shape index (κ3) is 4.43. The second-order valence-corrected chi connectivity index (χ2v) is 7.28. The Bertz CT molecular complexity index is 343. The average molecular weight is 294 g/mol. The summed E-state index contributed by atoms with van der Waals surface area (Å²) in [6.07, 6.45) is 9.48. The quantitative estimate of drug-likeness (QED) is 0.813.